The van der Waals surface area contributed by atoms with Crippen LogP contribution < -0.4 is 5.56 Å². The van der Waals surface area contributed by atoms with Crippen LogP contribution in [0, 0.1) is 0 Å². The third-order valence-corrected chi connectivity index (χ3v) is 5.22. The first kappa shape index (κ1) is 18.2. The molecule has 144 valence electrons. The first-order chi connectivity index (χ1) is 13.7. The van der Waals surface area contributed by atoms with E-state index in [0.717, 1.165) is 30.6 Å². The second-order valence-electron chi connectivity index (χ2n) is 7.07. The minimum atomic E-state index is -0.171. The molecule has 2 aromatic heterocycles. The summed E-state index contributed by atoms with van der Waals surface area (Å²) in [6, 6.07) is 16.9. The molecule has 0 fully saturated rings. The molecule has 6 heteroatoms. The Balaban J connectivity index is 1.71. The van der Waals surface area contributed by atoms with Crippen LogP contribution in [0.25, 0.3) is 0 Å². The zero-order valence-electron chi connectivity index (χ0n) is 16.0. The van der Waals surface area contributed by atoms with Gasteiger partial charge < -0.3 is 9.47 Å². The van der Waals surface area contributed by atoms with Gasteiger partial charge in [0.15, 0.2) is 0 Å². The smallest absolute Gasteiger partial charge is 0.275 e. The molecule has 0 N–H and O–H groups in total. The van der Waals surface area contributed by atoms with Gasteiger partial charge in [-0.2, -0.15) is 5.10 Å². The fourth-order valence-corrected chi connectivity index (χ4v) is 3.77. The van der Waals surface area contributed by atoms with Crippen LogP contribution in [0.15, 0.2) is 65.6 Å². The third kappa shape index (κ3) is 3.38. The van der Waals surface area contributed by atoms with E-state index in [0.29, 0.717) is 18.8 Å². The van der Waals surface area contributed by atoms with E-state index in [1.807, 2.05) is 41.3 Å². The number of carbonyl (C=O) groups excluding carboxylic acids is 1. The number of benzene rings is 1. The summed E-state index contributed by atoms with van der Waals surface area (Å²) < 4.78 is 3.60. The maximum atomic E-state index is 13.4. The van der Waals surface area contributed by atoms with Crippen molar-refractivity contribution in [1.29, 1.82) is 0 Å². The number of unbranched alkanes of at least 4 members (excludes halogenated alkanes) is 1. The zero-order valence-corrected chi connectivity index (χ0v) is 16.0. The fourth-order valence-electron chi connectivity index (χ4n) is 3.77. The lowest BCUT2D eigenvalue weighted by Crippen LogP contribution is -2.43. The molecule has 1 atom stereocenters. The monoisotopic (exact) mass is 376 g/mol. The maximum Gasteiger partial charge on any atom is 0.275 e. The number of fused-ring (bicyclic) bond motifs is 1. The fraction of sp³-hybridized carbons (Fsp3) is 0.318. The Morgan fingerprint density at radius 3 is 2.68 bits per heavy atom. The molecule has 1 aromatic carbocycles. The Bertz CT molecular complexity index is 1020. The number of aryl methyl sites for hydroxylation is 1. The largest absolute Gasteiger partial charge is 0.348 e. The number of nitrogens with zero attached hydrogens (tertiary/aromatic N) is 4. The van der Waals surface area contributed by atoms with Crippen molar-refractivity contribution in [2.24, 2.45) is 0 Å². The van der Waals surface area contributed by atoms with Gasteiger partial charge in [0, 0.05) is 37.6 Å². The minimum Gasteiger partial charge on any atom is -0.348 e. The van der Waals surface area contributed by atoms with Gasteiger partial charge in [0.25, 0.3) is 11.5 Å². The second-order valence-corrected chi connectivity index (χ2v) is 7.07. The van der Waals surface area contributed by atoms with Gasteiger partial charge in [0.1, 0.15) is 5.69 Å². The van der Waals surface area contributed by atoms with Gasteiger partial charge in [0.2, 0.25) is 0 Å². The molecular weight excluding hydrogens is 352 g/mol. The second kappa shape index (κ2) is 7.84. The summed E-state index contributed by atoms with van der Waals surface area (Å²) in [6.07, 6.45) is 3.87. The molecule has 0 bridgehead atoms. The summed E-state index contributed by atoms with van der Waals surface area (Å²) in [5.41, 5.74) is 2.30. The highest BCUT2D eigenvalue weighted by Gasteiger charge is 2.33. The molecule has 0 aliphatic carbocycles. The lowest BCUT2D eigenvalue weighted by molar-refractivity contribution is 0.0655. The number of rotatable bonds is 5. The standard InChI is InChI=1S/C22H24N4O2/c1-2-3-14-26-20(27)12-11-18(23-26)22(28)25-16-15-24-13-7-10-19(24)21(25)17-8-5-4-6-9-17/h4-13,21H,2-3,14-16H2,1H3. The van der Waals surface area contributed by atoms with Crippen LogP contribution in [0.1, 0.15) is 47.6 Å². The zero-order chi connectivity index (χ0) is 19.5. The van der Waals surface area contributed by atoms with E-state index in [2.05, 4.69) is 28.9 Å². The molecule has 3 heterocycles. The van der Waals surface area contributed by atoms with Crippen molar-refractivity contribution in [2.75, 3.05) is 6.54 Å². The first-order valence-electron chi connectivity index (χ1n) is 9.78. The number of aromatic nitrogens is 3. The van der Waals surface area contributed by atoms with Crippen LogP contribution in [-0.2, 0) is 13.1 Å². The molecule has 1 aliphatic rings. The van der Waals surface area contributed by atoms with Crippen LogP contribution in [0.2, 0.25) is 0 Å². The van der Waals surface area contributed by atoms with Crippen LogP contribution in [0.4, 0.5) is 0 Å². The highest BCUT2D eigenvalue weighted by molar-refractivity contribution is 5.92. The van der Waals surface area contributed by atoms with Crippen molar-refractivity contribution in [2.45, 2.75) is 38.9 Å². The topological polar surface area (TPSA) is 60.1 Å². The van der Waals surface area contributed by atoms with Gasteiger partial charge in [-0.3, -0.25) is 9.59 Å². The van der Waals surface area contributed by atoms with E-state index in [-0.39, 0.29) is 17.5 Å². The van der Waals surface area contributed by atoms with Crippen molar-refractivity contribution in [3.63, 3.8) is 0 Å². The quantitative estimate of drug-likeness (QED) is 0.687. The van der Waals surface area contributed by atoms with E-state index >= 15 is 0 Å². The Morgan fingerprint density at radius 2 is 1.89 bits per heavy atom. The van der Waals surface area contributed by atoms with Crippen LogP contribution in [0.3, 0.4) is 0 Å². The van der Waals surface area contributed by atoms with Crippen molar-refractivity contribution < 1.29 is 4.79 Å². The van der Waals surface area contributed by atoms with Gasteiger partial charge in [-0.25, -0.2) is 4.68 Å². The molecular formula is C22H24N4O2. The van der Waals surface area contributed by atoms with Gasteiger partial charge >= 0.3 is 0 Å². The predicted molar refractivity (Wildman–Crippen MR) is 107 cm³/mol. The molecule has 4 rings (SSSR count). The molecule has 3 aromatic rings. The summed E-state index contributed by atoms with van der Waals surface area (Å²) >= 11 is 0. The van der Waals surface area contributed by atoms with Crippen molar-refractivity contribution >= 4 is 5.91 Å². The summed E-state index contributed by atoms with van der Waals surface area (Å²) in [6.45, 7) is 3.93. The van der Waals surface area contributed by atoms with E-state index in [1.54, 1.807) is 6.07 Å². The summed E-state index contributed by atoms with van der Waals surface area (Å²) in [5.74, 6) is -0.147. The maximum absolute atomic E-state index is 13.4. The van der Waals surface area contributed by atoms with Crippen LogP contribution >= 0.6 is 0 Å². The van der Waals surface area contributed by atoms with Crippen molar-refractivity contribution in [1.82, 2.24) is 19.2 Å². The van der Waals surface area contributed by atoms with E-state index < -0.39 is 0 Å². The highest BCUT2D eigenvalue weighted by atomic mass is 16.2. The summed E-state index contributed by atoms with van der Waals surface area (Å²) in [5, 5.41) is 4.36. The molecule has 1 aliphatic heterocycles. The van der Waals surface area contributed by atoms with Gasteiger partial charge in [-0.1, -0.05) is 43.7 Å². The van der Waals surface area contributed by atoms with E-state index in [1.165, 1.54) is 10.7 Å². The Hall–Kier alpha value is -3.15. The van der Waals surface area contributed by atoms with Crippen molar-refractivity contribution in [3.05, 3.63) is 88.1 Å². The number of carbonyl (C=O) groups is 1. The molecule has 28 heavy (non-hydrogen) atoms. The Kier molecular flexibility index (Phi) is 5.10. The highest BCUT2D eigenvalue weighted by Crippen LogP contribution is 2.33. The number of amides is 1. The normalized spacial score (nSPS) is 16.0. The molecule has 6 nitrogen and oxygen atoms in total. The summed E-state index contributed by atoms with van der Waals surface area (Å²) in [4.78, 5) is 27.3. The Morgan fingerprint density at radius 1 is 1.07 bits per heavy atom. The first-order valence-corrected chi connectivity index (χ1v) is 9.78. The van der Waals surface area contributed by atoms with E-state index in [9.17, 15) is 9.59 Å². The SMILES string of the molecule is CCCCn1nc(C(=O)N2CCn3cccc3C2c2ccccc2)ccc1=O. The number of hydrogen-bond donors (Lipinski definition) is 0. The lowest BCUT2D eigenvalue weighted by atomic mass is 9.99. The Labute approximate surface area is 164 Å². The van der Waals surface area contributed by atoms with Gasteiger partial charge in [-0.05, 0) is 30.2 Å². The average molecular weight is 376 g/mol. The molecule has 1 unspecified atom stereocenters. The van der Waals surface area contributed by atoms with Crippen LogP contribution in [0.5, 0.6) is 0 Å². The molecule has 0 spiro atoms. The molecule has 0 saturated heterocycles. The third-order valence-electron chi connectivity index (χ3n) is 5.22. The number of hydrogen-bond acceptors (Lipinski definition) is 3. The molecule has 0 saturated carbocycles. The van der Waals surface area contributed by atoms with Crippen molar-refractivity contribution in [3.8, 4) is 0 Å². The average Bonchev–Trinajstić information content (AvgIpc) is 3.21. The van der Waals surface area contributed by atoms with Gasteiger partial charge in [-0.15, -0.1) is 0 Å². The van der Waals surface area contributed by atoms with Gasteiger partial charge in [0.05, 0.1) is 6.04 Å². The molecule has 1 amide bonds. The van der Waals surface area contributed by atoms with Crippen LogP contribution in [-0.4, -0.2) is 31.7 Å². The minimum absolute atomic E-state index is 0.147. The predicted octanol–water partition coefficient (Wildman–Crippen LogP) is 3.09. The lowest BCUT2D eigenvalue weighted by Gasteiger charge is -2.37. The summed E-state index contributed by atoms with van der Waals surface area (Å²) in [7, 11) is 0. The molecule has 0 radical (unpaired) electrons. The van der Waals surface area contributed by atoms with E-state index in [4.69, 9.17) is 0 Å².